The van der Waals surface area contributed by atoms with Gasteiger partial charge in [0.2, 0.25) is 5.78 Å². The lowest BCUT2D eigenvalue weighted by molar-refractivity contribution is -0.136. The second-order valence-corrected chi connectivity index (χ2v) is 28.7. The average molecular weight is 1470 g/mol. The zero-order valence-electron chi connectivity index (χ0n) is 62.8. The number of likely N-dealkylation sites (tertiary alicyclic amines) is 3. The lowest BCUT2D eigenvalue weighted by Gasteiger charge is -2.30. The highest BCUT2D eigenvalue weighted by molar-refractivity contribution is 6.43. The van der Waals surface area contributed by atoms with Gasteiger partial charge in [0, 0.05) is 82.9 Å². The number of hydrogen-bond acceptors (Lipinski definition) is 23. The van der Waals surface area contributed by atoms with Crippen LogP contribution in [0.5, 0.6) is 18.0 Å². The van der Waals surface area contributed by atoms with Gasteiger partial charge in [-0.2, -0.15) is 29.9 Å². The van der Waals surface area contributed by atoms with Crippen LogP contribution in [0.3, 0.4) is 0 Å². The Morgan fingerprint density at radius 2 is 0.642 bits per heavy atom. The number of nitrogens with zero attached hydrogens (tertiary/aromatic N) is 12. The van der Waals surface area contributed by atoms with Gasteiger partial charge in [0.1, 0.15) is 48.1 Å². The van der Waals surface area contributed by atoms with Crippen molar-refractivity contribution >= 4 is 58.2 Å². The van der Waals surface area contributed by atoms with Crippen LogP contribution in [-0.2, 0) is 87.2 Å². The molecule has 568 valence electrons. The number of carbonyl (C=O) groups excluding carboxylic acids is 4. The lowest BCUT2D eigenvalue weighted by atomic mass is 10.0. The van der Waals surface area contributed by atoms with Gasteiger partial charge < -0.3 is 50.7 Å². The number of ketones is 3. The number of rotatable bonds is 27. The van der Waals surface area contributed by atoms with Crippen LogP contribution in [-0.4, -0.2) is 167 Å². The summed E-state index contributed by atoms with van der Waals surface area (Å²) >= 11 is 0. The molecule has 0 atom stereocenters. The van der Waals surface area contributed by atoms with Crippen LogP contribution >= 0.6 is 0 Å². The summed E-state index contributed by atoms with van der Waals surface area (Å²) in [5, 5.41) is 0. The van der Waals surface area contributed by atoms with E-state index in [0.29, 0.717) is 86.0 Å². The van der Waals surface area contributed by atoms with Crippen LogP contribution < -0.4 is 46.1 Å². The van der Waals surface area contributed by atoms with Crippen molar-refractivity contribution in [2.45, 2.75) is 117 Å². The molecule has 24 nitrogen and oxygen atoms in total. The number of nitrogen functional groups attached to an aromatic ring is 3. The number of amides is 1. The van der Waals surface area contributed by atoms with Crippen molar-refractivity contribution in [3.05, 3.63) is 196 Å². The van der Waals surface area contributed by atoms with E-state index in [9.17, 15) is 19.2 Å². The van der Waals surface area contributed by atoms with E-state index in [4.69, 9.17) is 40.9 Å². The fraction of sp³-hybridized carbons (Fsp3) is 0.388. The van der Waals surface area contributed by atoms with Crippen molar-refractivity contribution in [1.82, 2.24) is 44.6 Å². The molecule has 3 aromatic heterocycles. The zero-order chi connectivity index (χ0) is 75.6. The topological polar surface area (TPSA) is 289 Å². The number of aromatic nitrogens is 6. The van der Waals surface area contributed by atoms with Gasteiger partial charge in [0.05, 0.1) is 39.5 Å². The fourth-order valence-electron chi connectivity index (χ4n) is 14.6. The smallest absolute Gasteiger partial charge is 0.320 e. The third kappa shape index (κ3) is 20.1. The van der Waals surface area contributed by atoms with Gasteiger partial charge in [-0.25, -0.2) is 0 Å². The van der Waals surface area contributed by atoms with Crippen molar-refractivity contribution in [2.75, 3.05) is 132 Å². The molecule has 109 heavy (non-hydrogen) atoms. The van der Waals surface area contributed by atoms with Crippen LogP contribution in [0, 0.1) is 0 Å². The predicted molar refractivity (Wildman–Crippen MR) is 423 cm³/mol. The summed E-state index contributed by atoms with van der Waals surface area (Å²) in [6.45, 7) is 16.1. The van der Waals surface area contributed by atoms with Gasteiger partial charge >= 0.3 is 18.0 Å². The number of nitrogens with two attached hydrogens (primary N) is 3. The van der Waals surface area contributed by atoms with Gasteiger partial charge in [0.25, 0.3) is 5.91 Å². The number of ether oxygens (including phenoxy) is 5. The van der Waals surface area contributed by atoms with E-state index < -0.39 is 11.7 Å². The van der Waals surface area contributed by atoms with E-state index in [1.54, 1.807) is 14.2 Å². The summed E-state index contributed by atoms with van der Waals surface area (Å²) in [6.07, 6.45) is 10.2. The Bertz CT molecular complexity index is 4380. The maximum Gasteiger partial charge on any atom is 0.320 e. The van der Waals surface area contributed by atoms with Gasteiger partial charge in [-0.15, -0.1) is 0 Å². The number of fused-ring (bicyclic) bond motifs is 3. The Balaban J connectivity index is 0.000000144. The molecule has 9 heterocycles. The number of unbranched alkanes of at least 4 members (excludes halogenated alkanes) is 1. The standard InChI is InChI=1S/C29H35N5O2.C28H31N5O4.C28H33N5O3/c1-2-3-16-36-29-31-27(30)26-17-25(35)20-34(28(26)32-29)19-22-8-12-24(13-9-22)23-10-6-21(7-11-23)18-33-14-4-5-15-33;1-36-14-15-37-28-30-25(29)23-16-24(34)27(35)33(26(23)31-28)18-20-6-10-22(11-7-20)21-8-4-19(5-9-21)17-32-12-2-3-13-32;1-35-14-15-36-28-30-26(29)25-16-24(34)19-33(27(25)31-28)18-21-6-10-23(11-7-21)22-8-4-20(5-9-22)17-32-12-2-3-13-32/h6-13H,2-5,14-20H2,1H3,(H2,30,31,32);4-11H,2-3,12-18H2,1H3,(H2,29,30,31);4-11H,2-3,12-19H2,1H3,(H2,29,30,31). The Hall–Kier alpha value is -10.8. The molecule has 0 aliphatic carbocycles. The number of anilines is 6. The number of Topliss-reactive ketones (excluding diaryl/α,β-unsaturated/α-hetero) is 3. The molecule has 24 heteroatoms. The molecule has 6 N–H and O–H groups in total. The second kappa shape index (κ2) is 36.9. The Labute approximate surface area is 637 Å². The first kappa shape index (κ1) is 76.4. The van der Waals surface area contributed by atoms with Crippen LogP contribution in [0.1, 0.15) is 108 Å². The zero-order valence-corrected chi connectivity index (χ0v) is 62.8. The SMILES string of the molecule is CCCCOc1nc(N)c2c(n1)N(Cc1ccc(-c3ccc(CN4CCCC4)cc3)cc1)CC(=O)C2.COCCOc1nc(N)c2c(n1)N(Cc1ccc(-c3ccc(CN4CCCC4)cc3)cc1)C(=O)C(=O)C2.COCCOc1nc(N)c2c(n1)N(Cc1ccc(-c3ccc(CN4CCCC4)cc3)cc1)CC(=O)C2. The van der Waals surface area contributed by atoms with Crippen LogP contribution in [0.25, 0.3) is 33.4 Å². The van der Waals surface area contributed by atoms with E-state index in [1.807, 2.05) is 34.1 Å². The summed E-state index contributed by atoms with van der Waals surface area (Å²) in [4.78, 5) is 89.2. The fourth-order valence-corrected chi connectivity index (χ4v) is 14.6. The number of benzene rings is 6. The minimum absolute atomic E-state index is 0.0453. The number of hydrogen-bond donors (Lipinski definition) is 3. The summed E-state index contributed by atoms with van der Waals surface area (Å²) in [7, 11) is 3.17. The molecule has 6 aliphatic rings. The molecule has 0 bridgehead atoms. The Morgan fingerprint density at radius 1 is 0.349 bits per heavy atom. The van der Waals surface area contributed by atoms with Crippen molar-refractivity contribution in [3.63, 3.8) is 0 Å². The molecule has 3 saturated heterocycles. The third-order valence-corrected chi connectivity index (χ3v) is 20.5. The first-order valence-electron chi connectivity index (χ1n) is 38.1. The second-order valence-electron chi connectivity index (χ2n) is 28.7. The van der Waals surface area contributed by atoms with Crippen LogP contribution in [0.4, 0.5) is 34.9 Å². The molecule has 6 aliphatic heterocycles. The van der Waals surface area contributed by atoms with Gasteiger partial charge in [-0.05, 0) is 151 Å². The molecule has 0 spiro atoms. The molecule has 15 rings (SSSR count). The van der Waals surface area contributed by atoms with E-state index >= 15 is 0 Å². The van der Waals surface area contributed by atoms with E-state index in [0.717, 1.165) is 60.3 Å². The molecular weight excluding hydrogens is 1380 g/mol. The normalized spacial score (nSPS) is 15.8. The molecule has 0 unspecified atom stereocenters. The minimum atomic E-state index is -0.619. The molecule has 0 saturated carbocycles. The van der Waals surface area contributed by atoms with E-state index in [1.165, 1.54) is 122 Å². The highest BCUT2D eigenvalue weighted by atomic mass is 16.5. The average Bonchev–Trinajstić information content (AvgIpc) is 1.57. The van der Waals surface area contributed by atoms with E-state index in [-0.39, 0.29) is 80.2 Å². The largest absolute Gasteiger partial charge is 0.463 e. The maximum absolute atomic E-state index is 12.8. The minimum Gasteiger partial charge on any atom is -0.463 e. The van der Waals surface area contributed by atoms with Crippen molar-refractivity contribution < 1.29 is 42.9 Å². The first-order valence-corrected chi connectivity index (χ1v) is 38.1. The number of carbonyl (C=O) groups is 4. The third-order valence-electron chi connectivity index (χ3n) is 20.5. The molecular formula is C85H99N15O9. The van der Waals surface area contributed by atoms with E-state index in [2.05, 4.69) is 173 Å². The van der Waals surface area contributed by atoms with Crippen molar-refractivity contribution in [2.24, 2.45) is 0 Å². The Kier molecular flexibility index (Phi) is 25.9. The summed E-state index contributed by atoms with van der Waals surface area (Å²) in [6, 6.07) is 51.9. The van der Waals surface area contributed by atoms with Gasteiger partial charge in [0.15, 0.2) is 11.6 Å². The first-order chi connectivity index (χ1) is 53.2. The maximum atomic E-state index is 12.8. The number of methoxy groups -OCH3 is 2. The van der Waals surface area contributed by atoms with Crippen molar-refractivity contribution in [1.29, 1.82) is 0 Å². The molecule has 0 radical (unpaired) electrons. The van der Waals surface area contributed by atoms with Crippen LogP contribution in [0.2, 0.25) is 0 Å². The summed E-state index contributed by atoms with van der Waals surface area (Å²) in [5.41, 5.74) is 34.3. The summed E-state index contributed by atoms with van der Waals surface area (Å²) in [5.74, 6) is 1.46. The highest BCUT2D eigenvalue weighted by Crippen LogP contribution is 2.36. The van der Waals surface area contributed by atoms with Crippen molar-refractivity contribution in [3.8, 4) is 51.4 Å². The quantitative estimate of drug-likeness (QED) is 0.0318. The van der Waals surface area contributed by atoms with Crippen LogP contribution in [0.15, 0.2) is 146 Å². The molecule has 3 fully saturated rings. The highest BCUT2D eigenvalue weighted by Gasteiger charge is 2.36. The predicted octanol–water partition coefficient (Wildman–Crippen LogP) is 11.1. The monoisotopic (exact) mass is 1470 g/mol. The Morgan fingerprint density at radius 3 is 0.963 bits per heavy atom. The summed E-state index contributed by atoms with van der Waals surface area (Å²) < 4.78 is 26.8. The molecule has 9 aromatic rings. The van der Waals surface area contributed by atoms with Gasteiger partial charge in [-0.1, -0.05) is 159 Å². The molecule has 1 amide bonds. The molecule has 6 aromatic carbocycles. The van der Waals surface area contributed by atoms with Gasteiger partial charge in [-0.3, -0.25) is 38.8 Å². The lowest BCUT2D eigenvalue weighted by Crippen LogP contribution is -2.42.